The van der Waals surface area contributed by atoms with Gasteiger partial charge in [0.25, 0.3) is 0 Å². The van der Waals surface area contributed by atoms with Crippen molar-refractivity contribution in [2.45, 2.75) is 44.8 Å². The molecule has 1 heterocycles. The van der Waals surface area contributed by atoms with Gasteiger partial charge in [-0.3, -0.25) is 9.59 Å². The zero-order chi connectivity index (χ0) is 13.5. The van der Waals surface area contributed by atoms with E-state index < -0.39 is 11.9 Å². The summed E-state index contributed by atoms with van der Waals surface area (Å²) in [6.45, 7) is 4.00. The molecule has 6 heteroatoms. The fourth-order valence-electron chi connectivity index (χ4n) is 2.10. The molecule has 1 fully saturated rings. The number of likely N-dealkylation sites (tertiary alicyclic amines) is 1. The van der Waals surface area contributed by atoms with Crippen LogP contribution in [0.4, 0.5) is 0 Å². The van der Waals surface area contributed by atoms with Crippen molar-refractivity contribution in [3.8, 4) is 0 Å². The van der Waals surface area contributed by atoms with E-state index in [-0.39, 0.29) is 18.4 Å². The summed E-state index contributed by atoms with van der Waals surface area (Å²) < 4.78 is 5.65. The van der Waals surface area contributed by atoms with Crippen molar-refractivity contribution < 1.29 is 14.3 Å². The molecule has 18 heavy (non-hydrogen) atoms. The highest BCUT2D eigenvalue weighted by atomic mass is 16.5. The van der Waals surface area contributed by atoms with Crippen molar-refractivity contribution in [1.82, 2.24) is 4.90 Å². The highest BCUT2D eigenvalue weighted by molar-refractivity contribution is 5.87. The number of ether oxygens (including phenoxy) is 1. The minimum atomic E-state index is -0.826. The van der Waals surface area contributed by atoms with Gasteiger partial charge in [-0.1, -0.05) is 6.92 Å². The second kappa shape index (κ2) is 7.33. The first kappa shape index (κ1) is 14.9. The second-order valence-electron chi connectivity index (χ2n) is 4.70. The number of nitrogens with two attached hydrogens (primary N) is 2. The van der Waals surface area contributed by atoms with Crippen LogP contribution >= 0.6 is 0 Å². The zero-order valence-electron chi connectivity index (χ0n) is 10.9. The van der Waals surface area contributed by atoms with Gasteiger partial charge in [0.2, 0.25) is 11.8 Å². The summed E-state index contributed by atoms with van der Waals surface area (Å²) in [6, 6.07) is -0.826. The minimum absolute atomic E-state index is 0.0865. The molecule has 6 nitrogen and oxygen atoms in total. The van der Waals surface area contributed by atoms with Gasteiger partial charge in [0.05, 0.1) is 18.6 Å². The Balaban J connectivity index is 2.44. The lowest BCUT2D eigenvalue weighted by Gasteiger charge is -2.34. The van der Waals surface area contributed by atoms with E-state index in [0.29, 0.717) is 19.7 Å². The fourth-order valence-corrected chi connectivity index (χ4v) is 2.10. The van der Waals surface area contributed by atoms with Crippen LogP contribution in [0.3, 0.4) is 0 Å². The van der Waals surface area contributed by atoms with Gasteiger partial charge >= 0.3 is 0 Å². The summed E-state index contributed by atoms with van der Waals surface area (Å²) in [5.41, 5.74) is 10.7. The maximum absolute atomic E-state index is 12.0. The Hall–Kier alpha value is -1.14. The van der Waals surface area contributed by atoms with E-state index in [2.05, 4.69) is 6.92 Å². The lowest BCUT2D eigenvalue weighted by atomic mass is 10.1. The number of nitrogens with zero attached hydrogens (tertiary/aromatic N) is 1. The van der Waals surface area contributed by atoms with Gasteiger partial charge in [-0.25, -0.2) is 0 Å². The van der Waals surface area contributed by atoms with E-state index in [1.165, 1.54) is 0 Å². The van der Waals surface area contributed by atoms with Gasteiger partial charge in [0, 0.05) is 19.7 Å². The molecule has 104 valence electrons. The summed E-state index contributed by atoms with van der Waals surface area (Å²) in [5.74, 6) is -0.759. The maximum atomic E-state index is 12.0. The number of amides is 2. The Morgan fingerprint density at radius 1 is 1.50 bits per heavy atom. The Morgan fingerprint density at radius 3 is 2.83 bits per heavy atom. The zero-order valence-corrected chi connectivity index (χ0v) is 10.9. The van der Waals surface area contributed by atoms with E-state index in [0.717, 1.165) is 19.3 Å². The smallest absolute Gasteiger partial charge is 0.240 e. The number of carbonyl (C=O) groups is 2. The molecule has 2 unspecified atom stereocenters. The van der Waals surface area contributed by atoms with Crippen LogP contribution in [-0.2, 0) is 14.3 Å². The summed E-state index contributed by atoms with van der Waals surface area (Å²) in [5, 5.41) is 0. The summed E-state index contributed by atoms with van der Waals surface area (Å²) in [4.78, 5) is 24.4. The summed E-state index contributed by atoms with van der Waals surface area (Å²) in [6.07, 6.45) is 2.82. The Bertz CT molecular complexity index is 296. The Kier molecular flexibility index (Phi) is 6.07. The van der Waals surface area contributed by atoms with Gasteiger partial charge < -0.3 is 21.1 Å². The molecule has 0 radical (unpaired) electrons. The topological polar surface area (TPSA) is 98.7 Å². The molecule has 0 aromatic heterocycles. The molecule has 0 bridgehead atoms. The van der Waals surface area contributed by atoms with E-state index in [4.69, 9.17) is 16.2 Å². The third kappa shape index (κ3) is 4.62. The average Bonchev–Trinajstić information content (AvgIpc) is 2.35. The van der Waals surface area contributed by atoms with E-state index in [1.54, 1.807) is 4.90 Å². The highest BCUT2D eigenvalue weighted by Crippen LogP contribution is 2.14. The van der Waals surface area contributed by atoms with Crippen molar-refractivity contribution in [3.63, 3.8) is 0 Å². The number of primary amides is 1. The summed E-state index contributed by atoms with van der Waals surface area (Å²) >= 11 is 0. The lowest BCUT2D eigenvalue weighted by Crippen LogP contribution is -2.50. The molecule has 4 N–H and O–H groups in total. The first-order valence-corrected chi connectivity index (χ1v) is 6.48. The predicted octanol–water partition coefficient (Wildman–Crippen LogP) is -0.393. The second-order valence-corrected chi connectivity index (χ2v) is 4.70. The number of hydrogen-bond donors (Lipinski definition) is 2. The van der Waals surface area contributed by atoms with E-state index in [1.807, 2.05) is 0 Å². The number of rotatable bonds is 6. The van der Waals surface area contributed by atoms with Crippen molar-refractivity contribution in [3.05, 3.63) is 0 Å². The number of hydrogen-bond acceptors (Lipinski definition) is 4. The van der Waals surface area contributed by atoms with E-state index >= 15 is 0 Å². The molecule has 0 aliphatic carbocycles. The maximum Gasteiger partial charge on any atom is 0.240 e. The first-order chi connectivity index (χ1) is 8.54. The van der Waals surface area contributed by atoms with Gasteiger partial charge in [-0.2, -0.15) is 0 Å². The minimum Gasteiger partial charge on any atom is -0.376 e. The van der Waals surface area contributed by atoms with Crippen LogP contribution in [0.2, 0.25) is 0 Å². The largest absolute Gasteiger partial charge is 0.376 e. The first-order valence-electron chi connectivity index (χ1n) is 6.48. The molecule has 2 atom stereocenters. The molecular weight excluding hydrogens is 234 g/mol. The molecular formula is C12H23N3O3. The third-order valence-electron chi connectivity index (χ3n) is 2.99. The molecule has 0 spiro atoms. The average molecular weight is 257 g/mol. The molecule has 0 aromatic rings. The van der Waals surface area contributed by atoms with Crippen molar-refractivity contribution in [2.75, 3.05) is 19.7 Å². The van der Waals surface area contributed by atoms with Crippen molar-refractivity contribution >= 4 is 11.8 Å². The van der Waals surface area contributed by atoms with Crippen LogP contribution in [0, 0.1) is 0 Å². The van der Waals surface area contributed by atoms with Crippen molar-refractivity contribution in [2.24, 2.45) is 11.5 Å². The standard InChI is InChI=1S/C12H23N3O3/c1-2-6-18-9-4-3-5-15(8-9)12(17)10(13)7-11(14)16/h9-10H,2-8,13H2,1H3,(H2,14,16). The lowest BCUT2D eigenvalue weighted by molar-refractivity contribution is -0.138. The van der Waals surface area contributed by atoms with Gasteiger partial charge in [-0.15, -0.1) is 0 Å². The van der Waals surface area contributed by atoms with Crippen LogP contribution < -0.4 is 11.5 Å². The Labute approximate surface area is 108 Å². The monoisotopic (exact) mass is 257 g/mol. The Morgan fingerprint density at radius 2 is 2.22 bits per heavy atom. The molecule has 0 saturated carbocycles. The van der Waals surface area contributed by atoms with Crippen LogP contribution in [0.15, 0.2) is 0 Å². The van der Waals surface area contributed by atoms with Gasteiger partial charge in [0.1, 0.15) is 0 Å². The van der Waals surface area contributed by atoms with Crippen LogP contribution in [0.1, 0.15) is 32.6 Å². The molecule has 1 saturated heterocycles. The summed E-state index contributed by atoms with van der Waals surface area (Å²) in [7, 11) is 0. The highest BCUT2D eigenvalue weighted by Gasteiger charge is 2.28. The predicted molar refractivity (Wildman–Crippen MR) is 67.6 cm³/mol. The van der Waals surface area contributed by atoms with E-state index in [9.17, 15) is 9.59 Å². The van der Waals surface area contributed by atoms with Crippen LogP contribution in [-0.4, -0.2) is 48.6 Å². The van der Waals surface area contributed by atoms with Crippen LogP contribution in [0.25, 0.3) is 0 Å². The fraction of sp³-hybridized carbons (Fsp3) is 0.833. The quantitative estimate of drug-likeness (QED) is 0.676. The molecule has 0 aromatic carbocycles. The van der Waals surface area contributed by atoms with Crippen molar-refractivity contribution in [1.29, 1.82) is 0 Å². The molecule has 2 amide bonds. The normalized spacial score (nSPS) is 21.7. The molecule has 1 aliphatic rings. The molecule has 1 rings (SSSR count). The number of piperidine rings is 1. The number of carbonyl (C=O) groups excluding carboxylic acids is 2. The third-order valence-corrected chi connectivity index (χ3v) is 2.99. The van der Waals surface area contributed by atoms with Gasteiger partial charge in [0.15, 0.2) is 0 Å². The van der Waals surface area contributed by atoms with Crippen LogP contribution in [0.5, 0.6) is 0 Å². The van der Waals surface area contributed by atoms with Gasteiger partial charge in [-0.05, 0) is 19.3 Å². The SMILES string of the molecule is CCCOC1CCCN(C(=O)C(N)CC(N)=O)C1. The molecule has 1 aliphatic heterocycles.